The molecular weight excluding hydrogens is 585 g/mol. The molecule has 4 aromatic rings. The molecule has 5 rings (SSSR count). The Morgan fingerprint density at radius 3 is 2.62 bits per heavy atom. The van der Waals surface area contributed by atoms with Gasteiger partial charge in [0.05, 0.1) is 27.8 Å². The number of carbonyl (C=O) groups is 2. The second kappa shape index (κ2) is 13.3. The van der Waals surface area contributed by atoms with Crippen LogP contribution in [0.2, 0.25) is 0 Å². The Balaban J connectivity index is 1.34. The molecule has 2 amide bonds. The number of hydrogen-bond acceptors (Lipinski definition) is 6. The lowest BCUT2D eigenvalue weighted by Crippen LogP contribution is -2.35. The number of carbonyl (C=O) groups excluding carboxylic acids is 2. The fraction of sp³-hybridized carbons (Fsp3) is 0.273. The van der Waals surface area contributed by atoms with Gasteiger partial charge in [0.15, 0.2) is 0 Å². The first-order valence-electron chi connectivity index (χ1n) is 14.3. The van der Waals surface area contributed by atoms with Crippen molar-refractivity contribution in [2.24, 2.45) is 7.05 Å². The molecule has 1 fully saturated rings. The predicted octanol–water partition coefficient (Wildman–Crippen LogP) is 6.17. The average Bonchev–Trinajstić information content (AvgIpc) is 3.29. The van der Waals surface area contributed by atoms with Crippen molar-refractivity contribution in [3.63, 3.8) is 0 Å². The molecule has 0 spiro atoms. The van der Waals surface area contributed by atoms with Gasteiger partial charge in [0.2, 0.25) is 5.91 Å². The van der Waals surface area contributed by atoms with Crippen molar-refractivity contribution in [1.82, 2.24) is 14.9 Å². The number of alkyl halides is 3. The molecule has 0 radical (unpaired) electrons. The topological polar surface area (TPSA) is 121 Å². The van der Waals surface area contributed by atoms with Gasteiger partial charge in [0.1, 0.15) is 18.5 Å². The van der Waals surface area contributed by atoms with Crippen LogP contribution in [0, 0.1) is 11.3 Å². The standard InChI is InChI=1S/C33H31F3N6O3/c1-42-29-17-26(33(34,35)36)25(16-28(29)40-30(42)19-45-2)20-6-3-9-24(15-20)39-32(44)21-11-12-27(22(14-21)18-37)41-31(43)10-5-13-38-23-7-4-8-23/h3,5-6,9-12,14-17,23,38H,4,7-8,13,19H2,1-2H3,(H,39,44)(H,41,43)/b10-5+. The van der Waals surface area contributed by atoms with E-state index in [1.807, 2.05) is 6.07 Å². The van der Waals surface area contributed by atoms with E-state index in [0.717, 1.165) is 18.9 Å². The highest BCUT2D eigenvalue weighted by Crippen LogP contribution is 2.40. The summed E-state index contributed by atoms with van der Waals surface area (Å²) in [4.78, 5) is 29.9. The van der Waals surface area contributed by atoms with Crippen molar-refractivity contribution in [3.8, 4) is 17.2 Å². The molecule has 1 heterocycles. The van der Waals surface area contributed by atoms with Crippen molar-refractivity contribution in [1.29, 1.82) is 5.26 Å². The summed E-state index contributed by atoms with van der Waals surface area (Å²) in [7, 11) is 3.11. The van der Waals surface area contributed by atoms with Gasteiger partial charge in [0, 0.05) is 44.1 Å². The maximum atomic E-state index is 14.2. The normalized spacial score (nSPS) is 13.5. The third-order valence-electron chi connectivity index (χ3n) is 7.68. The number of rotatable bonds is 10. The van der Waals surface area contributed by atoms with Gasteiger partial charge in [-0.25, -0.2) is 4.98 Å². The van der Waals surface area contributed by atoms with Gasteiger partial charge in [-0.1, -0.05) is 24.6 Å². The molecule has 3 N–H and O–H groups in total. The Morgan fingerprint density at radius 1 is 1.13 bits per heavy atom. The summed E-state index contributed by atoms with van der Waals surface area (Å²) >= 11 is 0. The Hall–Kier alpha value is -4.99. The first-order valence-corrected chi connectivity index (χ1v) is 14.3. The number of amides is 2. The number of nitriles is 1. The largest absolute Gasteiger partial charge is 0.417 e. The highest BCUT2D eigenvalue weighted by Gasteiger charge is 2.35. The minimum atomic E-state index is -4.65. The van der Waals surface area contributed by atoms with E-state index in [9.17, 15) is 28.0 Å². The SMILES string of the molecule is COCc1nc2cc(-c3cccc(NC(=O)c4ccc(NC(=O)/C=C/CNC5CCC5)c(C#N)c4)c3)c(C(F)(F)F)cc2n1C. The Kier molecular flexibility index (Phi) is 9.32. The van der Waals surface area contributed by atoms with Crippen LogP contribution in [0.5, 0.6) is 0 Å². The zero-order chi connectivity index (χ0) is 32.1. The summed E-state index contributed by atoms with van der Waals surface area (Å²) in [5, 5.41) is 18.3. The van der Waals surface area contributed by atoms with Crippen LogP contribution in [0.15, 0.2) is 66.7 Å². The molecule has 9 nitrogen and oxygen atoms in total. The van der Waals surface area contributed by atoms with Crippen LogP contribution in [0.4, 0.5) is 24.5 Å². The number of anilines is 2. The van der Waals surface area contributed by atoms with E-state index in [2.05, 4.69) is 20.9 Å². The number of nitrogens with one attached hydrogen (secondary N) is 3. The van der Waals surface area contributed by atoms with Crippen molar-refractivity contribution in [3.05, 3.63) is 89.3 Å². The number of ether oxygens (including phenoxy) is 1. The summed E-state index contributed by atoms with van der Waals surface area (Å²) in [5.41, 5.74) is 0.696. The molecule has 45 heavy (non-hydrogen) atoms. The fourth-order valence-corrected chi connectivity index (χ4v) is 5.06. The summed E-state index contributed by atoms with van der Waals surface area (Å²) in [6, 6.07) is 15.2. The fourth-order valence-electron chi connectivity index (χ4n) is 5.06. The van der Waals surface area contributed by atoms with Crippen LogP contribution in [-0.4, -0.2) is 41.1 Å². The van der Waals surface area contributed by atoms with E-state index in [1.165, 1.54) is 56.0 Å². The maximum Gasteiger partial charge on any atom is 0.417 e. The minimum absolute atomic E-state index is 0.0806. The van der Waals surface area contributed by atoms with Crippen LogP contribution < -0.4 is 16.0 Å². The molecule has 1 aromatic heterocycles. The second-order valence-corrected chi connectivity index (χ2v) is 10.7. The smallest absolute Gasteiger partial charge is 0.377 e. The number of fused-ring (bicyclic) bond motifs is 1. The molecule has 0 aliphatic heterocycles. The lowest BCUT2D eigenvalue weighted by Gasteiger charge is -2.25. The lowest BCUT2D eigenvalue weighted by molar-refractivity contribution is -0.137. The van der Waals surface area contributed by atoms with Crippen molar-refractivity contribution >= 4 is 34.2 Å². The highest BCUT2D eigenvalue weighted by atomic mass is 19.4. The molecule has 0 bridgehead atoms. The van der Waals surface area contributed by atoms with E-state index in [-0.39, 0.29) is 40.2 Å². The number of imidazole rings is 1. The van der Waals surface area contributed by atoms with Crippen LogP contribution in [0.3, 0.4) is 0 Å². The molecule has 3 aromatic carbocycles. The van der Waals surface area contributed by atoms with Gasteiger partial charge in [-0.05, 0) is 66.4 Å². The Morgan fingerprint density at radius 2 is 1.93 bits per heavy atom. The lowest BCUT2D eigenvalue weighted by atomic mass is 9.93. The van der Waals surface area contributed by atoms with Crippen LogP contribution in [0.25, 0.3) is 22.2 Å². The number of benzene rings is 3. The maximum absolute atomic E-state index is 14.2. The monoisotopic (exact) mass is 616 g/mol. The Bertz CT molecular complexity index is 1820. The Labute approximate surface area is 257 Å². The number of methoxy groups -OCH3 is 1. The number of aryl methyl sites for hydroxylation is 1. The van der Waals surface area contributed by atoms with E-state index in [4.69, 9.17) is 4.74 Å². The van der Waals surface area contributed by atoms with Gasteiger partial charge in [-0.15, -0.1) is 0 Å². The predicted molar refractivity (Wildman–Crippen MR) is 164 cm³/mol. The van der Waals surface area contributed by atoms with Gasteiger partial charge >= 0.3 is 6.18 Å². The molecule has 1 aliphatic rings. The van der Waals surface area contributed by atoms with Crippen LogP contribution >= 0.6 is 0 Å². The van der Waals surface area contributed by atoms with Crippen LogP contribution in [-0.2, 0) is 29.4 Å². The number of nitrogens with zero attached hydrogens (tertiary/aromatic N) is 3. The molecule has 1 aliphatic carbocycles. The highest BCUT2D eigenvalue weighted by molar-refractivity contribution is 6.06. The summed E-state index contributed by atoms with van der Waals surface area (Å²) in [5.74, 6) is -0.508. The number of halogens is 3. The van der Waals surface area contributed by atoms with E-state index >= 15 is 0 Å². The quantitative estimate of drug-likeness (QED) is 0.183. The van der Waals surface area contributed by atoms with E-state index in [0.29, 0.717) is 29.4 Å². The molecule has 0 atom stereocenters. The molecule has 12 heteroatoms. The third-order valence-corrected chi connectivity index (χ3v) is 7.68. The summed E-state index contributed by atoms with van der Waals surface area (Å²) in [6.07, 6.45) is 1.92. The van der Waals surface area contributed by atoms with E-state index < -0.39 is 23.6 Å². The molecule has 0 saturated heterocycles. The first-order chi connectivity index (χ1) is 21.6. The first kappa shape index (κ1) is 31.4. The molecular formula is C33H31F3N6O3. The zero-order valence-corrected chi connectivity index (χ0v) is 24.7. The van der Waals surface area contributed by atoms with Gasteiger partial charge in [0.25, 0.3) is 5.91 Å². The van der Waals surface area contributed by atoms with Crippen molar-refractivity contribution in [2.75, 3.05) is 24.3 Å². The number of aromatic nitrogens is 2. The molecule has 232 valence electrons. The average molecular weight is 617 g/mol. The summed E-state index contributed by atoms with van der Waals surface area (Å²) < 4.78 is 49.3. The number of hydrogen-bond donors (Lipinski definition) is 3. The van der Waals surface area contributed by atoms with Crippen molar-refractivity contribution in [2.45, 2.75) is 38.1 Å². The van der Waals surface area contributed by atoms with Gasteiger partial charge < -0.3 is 25.3 Å². The van der Waals surface area contributed by atoms with Gasteiger partial charge in [-0.3, -0.25) is 9.59 Å². The van der Waals surface area contributed by atoms with Crippen molar-refractivity contribution < 1.29 is 27.5 Å². The van der Waals surface area contributed by atoms with Crippen LogP contribution in [0.1, 0.15) is 46.6 Å². The van der Waals surface area contributed by atoms with Gasteiger partial charge in [-0.2, -0.15) is 18.4 Å². The third kappa shape index (κ3) is 7.22. The minimum Gasteiger partial charge on any atom is -0.377 e. The van der Waals surface area contributed by atoms with E-state index in [1.54, 1.807) is 29.8 Å². The summed E-state index contributed by atoms with van der Waals surface area (Å²) in [6.45, 7) is 0.702. The zero-order valence-electron chi connectivity index (χ0n) is 24.7. The second-order valence-electron chi connectivity index (χ2n) is 10.7. The molecule has 0 unspecified atom stereocenters. The molecule has 1 saturated carbocycles.